The number of amides is 1. The van der Waals surface area contributed by atoms with Gasteiger partial charge in [-0.05, 0) is 51.4 Å². The lowest BCUT2D eigenvalue weighted by molar-refractivity contribution is -0.870. The summed E-state index contributed by atoms with van der Waals surface area (Å²) in [5, 5.41) is 13.5. The number of unbranched alkanes of at least 4 members (excludes halogenated alkanes) is 17. The predicted molar refractivity (Wildman–Crippen MR) is 217 cm³/mol. The molecule has 0 aliphatic heterocycles. The van der Waals surface area contributed by atoms with Crippen molar-refractivity contribution >= 4 is 13.7 Å². The summed E-state index contributed by atoms with van der Waals surface area (Å²) in [4.78, 5) is 22.8. The second-order valence-corrected chi connectivity index (χ2v) is 16.5. The Bertz CT molecular complexity index is 975. The monoisotopic (exact) mass is 740 g/mol. The Morgan fingerprint density at radius 3 is 1.67 bits per heavy atom. The molecule has 8 nitrogen and oxygen atoms in total. The second-order valence-electron chi connectivity index (χ2n) is 15.0. The summed E-state index contributed by atoms with van der Waals surface area (Å²) in [6, 6.07) is -0.844. The highest BCUT2D eigenvalue weighted by Crippen LogP contribution is 2.43. The minimum atomic E-state index is -4.32. The smallest absolute Gasteiger partial charge is 0.387 e. The molecule has 0 saturated carbocycles. The van der Waals surface area contributed by atoms with Gasteiger partial charge in [0, 0.05) is 6.42 Å². The molecule has 9 heteroatoms. The molecule has 0 aromatic carbocycles. The Hall–Kier alpha value is -1.54. The van der Waals surface area contributed by atoms with E-state index in [2.05, 4.69) is 55.6 Å². The number of carbonyl (C=O) groups excluding carboxylic acids is 1. The van der Waals surface area contributed by atoms with Crippen LogP contribution in [0.15, 0.2) is 48.6 Å². The summed E-state index contributed by atoms with van der Waals surface area (Å²) >= 11 is 0. The molecule has 3 unspecified atom stereocenters. The van der Waals surface area contributed by atoms with Gasteiger partial charge in [-0.1, -0.05) is 152 Å². The van der Waals surface area contributed by atoms with Gasteiger partial charge in [-0.25, -0.2) is 4.57 Å². The molecular formula is C42H80N2O6P+. The largest absolute Gasteiger partial charge is 0.472 e. The molecule has 0 aliphatic carbocycles. The van der Waals surface area contributed by atoms with Crippen LogP contribution in [0.4, 0.5) is 0 Å². The standard InChI is InChI=1S/C42H79N2O6P/c1-6-8-10-12-13-14-15-16-17-18-19-20-21-22-23-24-25-26-27-28-29-30-31-32-34-36-42(46)43-40(41(45)35-33-11-9-7-2)39-50-51(47,48)49-38-37-44(3,4)5/h15-16,18-19,21-22,33,35,40-41,45H,6-14,17,20,23-32,34,36-39H2,1-5H3,(H-,43,46,47,48)/p+1/b16-15-,19-18-,22-21-,35-33+. The third kappa shape index (κ3) is 36.6. The third-order valence-electron chi connectivity index (χ3n) is 8.79. The van der Waals surface area contributed by atoms with Crippen LogP contribution in [0.3, 0.4) is 0 Å². The molecule has 3 N–H and O–H groups in total. The number of carbonyl (C=O) groups is 1. The van der Waals surface area contributed by atoms with Crippen molar-refractivity contribution in [1.82, 2.24) is 5.32 Å². The average Bonchev–Trinajstić information content (AvgIpc) is 3.07. The molecule has 1 amide bonds. The van der Waals surface area contributed by atoms with Crippen LogP contribution < -0.4 is 5.32 Å². The highest BCUT2D eigenvalue weighted by molar-refractivity contribution is 7.47. The van der Waals surface area contributed by atoms with Crippen LogP contribution in [-0.2, 0) is 18.4 Å². The van der Waals surface area contributed by atoms with Gasteiger partial charge in [-0.2, -0.15) is 0 Å². The molecule has 298 valence electrons. The zero-order valence-corrected chi connectivity index (χ0v) is 34.5. The fourth-order valence-electron chi connectivity index (χ4n) is 5.44. The van der Waals surface area contributed by atoms with Gasteiger partial charge in [0.2, 0.25) is 5.91 Å². The predicted octanol–water partition coefficient (Wildman–Crippen LogP) is 10.9. The number of likely N-dealkylation sites (N-methyl/N-ethyl adjacent to an activating group) is 1. The number of rotatable bonds is 36. The van der Waals surface area contributed by atoms with E-state index in [1.807, 2.05) is 27.2 Å². The molecule has 0 fully saturated rings. The van der Waals surface area contributed by atoms with Crippen LogP contribution in [0.1, 0.15) is 162 Å². The second kappa shape index (κ2) is 34.2. The Labute approximate surface area is 314 Å². The lowest BCUT2D eigenvalue weighted by atomic mass is 10.0. The molecular weight excluding hydrogens is 659 g/mol. The molecule has 3 atom stereocenters. The van der Waals surface area contributed by atoms with Crippen molar-refractivity contribution in [2.45, 2.75) is 174 Å². The maximum Gasteiger partial charge on any atom is 0.472 e. The number of aliphatic hydroxyl groups is 1. The fraction of sp³-hybridized carbons (Fsp3) is 0.786. The summed E-state index contributed by atoms with van der Waals surface area (Å²) in [6.07, 6.45) is 42.4. The normalized spacial score (nSPS) is 15.0. The van der Waals surface area contributed by atoms with E-state index in [9.17, 15) is 19.4 Å². The SMILES string of the molecule is CCCC/C=C/C(O)C(COP(=O)(O)OCC[N+](C)(C)C)NC(=O)CCCCCCCCCCCC/C=C\C/C=C\C/C=C\CCCCCCC. The Morgan fingerprint density at radius 1 is 0.667 bits per heavy atom. The zero-order chi connectivity index (χ0) is 37.9. The van der Waals surface area contributed by atoms with Crippen LogP contribution in [0.25, 0.3) is 0 Å². The molecule has 0 aromatic heterocycles. The first-order valence-corrected chi connectivity index (χ1v) is 22.0. The Morgan fingerprint density at radius 2 is 1.14 bits per heavy atom. The summed E-state index contributed by atoms with van der Waals surface area (Å²) in [6.45, 7) is 4.62. The van der Waals surface area contributed by atoms with E-state index >= 15 is 0 Å². The lowest BCUT2D eigenvalue weighted by Gasteiger charge is -2.25. The van der Waals surface area contributed by atoms with E-state index < -0.39 is 20.0 Å². The summed E-state index contributed by atoms with van der Waals surface area (Å²) in [7, 11) is 1.55. The van der Waals surface area contributed by atoms with Gasteiger partial charge in [0.25, 0.3) is 0 Å². The number of phosphoric acid groups is 1. The van der Waals surface area contributed by atoms with E-state index in [0.29, 0.717) is 17.4 Å². The third-order valence-corrected chi connectivity index (χ3v) is 9.78. The Kier molecular flexibility index (Phi) is 33.2. The van der Waals surface area contributed by atoms with Crippen molar-refractivity contribution in [2.75, 3.05) is 40.9 Å². The highest BCUT2D eigenvalue weighted by Gasteiger charge is 2.27. The molecule has 51 heavy (non-hydrogen) atoms. The van der Waals surface area contributed by atoms with Gasteiger partial charge in [0.05, 0.1) is 39.9 Å². The van der Waals surface area contributed by atoms with E-state index in [4.69, 9.17) is 9.05 Å². The minimum absolute atomic E-state index is 0.0577. The van der Waals surface area contributed by atoms with Crippen LogP contribution in [0, 0.1) is 0 Å². The highest BCUT2D eigenvalue weighted by atomic mass is 31.2. The van der Waals surface area contributed by atoms with Gasteiger partial charge in [0.15, 0.2) is 0 Å². The molecule has 0 bridgehead atoms. The van der Waals surface area contributed by atoms with Gasteiger partial charge in [-0.15, -0.1) is 0 Å². The fourth-order valence-corrected chi connectivity index (χ4v) is 6.18. The van der Waals surface area contributed by atoms with Crippen molar-refractivity contribution < 1.29 is 32.9 Å². The summed E-state index contributed by atoms with van der Waals surface area (Å²) < 4.78 is 23.2. The average molecular weight is 740 g/mol. The van der Waals surface area contributed by atoms with Crippen LogP contribution in [0.5, 0.6) is 0 Å². The number of phosphoric ester groups is 1. The van der Waals surface area contributed by atoms with Crippen molar-refractivity contribution in [3.63, 3.8) is 0 Å². The molecule has 0 aromatic rings. The van der Waals surface area contributed by atoms with E-state index in [1.165, 1.54) is 89.9 Å². The number of aliphatic hydroxyl groups excluding tert-OH is 1. The van der Waals surface area contributed by atoms with Crippen LogP contribution in [-0.4, -0.2) is 73.4 Å². The number of hydrogen-bond acceptors (Lipinski definition) is 5. The van der Waals surface area contributed by atoms with Gasteiger partial charge in [-0.3, -0.25) is 13.8 Å². The van der Waals surface area contributed by atoms with E-state index in [-0.39, 0.29) is 19.1 Å². The molecule has 0 radical (unpaired) electrons. The molecule has 0 spiro atoms. The van der Waals surface area contributed by atoms with E-state index in [0.717, 1.165) is 51.4 Å². The molecule has 0 rings (SSSR count). The van der Waals surface area contributed by atoms with Crippen LogP contribution >= 0.6 is 7.82 Å². The number of hydrogen-bond donors (Lipinski definition) is 3. The minimum Gasteiger partial charge on any atom is -0.387 e. The molecule has 0 heterocycles. The van der Waals surface area contributed by atoms with Crippen molar-refractivity contribution in [3.05, 3.63) is 48.6 Å². The number of quaternary nitrogens is 1. The van der Waals surface area contributed by atoms with Crippen molar-refractivity contribution in [1.29, 1.82) is 0 Å². The maximum atomic E-state index is 12.7. The topological polar surface area (TPSA) is 105 Å². The number of nitrogens with one attached hydrogen (secondary N) is 1. The maximum absolute atomic E-state index is 12.7. The number of allylic oxidation sites excluding steroid dienone is 7. The summed E-state index contributed by atoms with van der Waals surface area (Å²) in [5.41, 5.74) is 0. The van der Waals surface area contributed by atoms with Crippen LogP contribution in [0.2, 0.25) is 0 Å². The lowest BCUT2D eigenvalue weighted by Crippen LogP contribution is -2.45. The first kappa shape index (κ1) is 49.5. The summed E-state index contributed by atoms with van der Waals surface area (Å²) in [5.74, 6) is -0.193. The van der Waals surface area contributed by atoms with Crippen molar-refractivity contribution in [3.8, 4) is 0 Å². The molecule has 0 aliphatic rings. The van der Waals surface area contributed by atoms with Gasteiger partial charge >= 0.3 is 7.82 Å². The first-order chi connectivity index (χ1) is 24.5. The van der Waals surface area contributed by atoms with E-state index in [1.54, 1.807) is 6.08 Å². The van der Waals surface area contributed by atoms with Gasteiger partial charge < -0.3 is 19.8 Å². The molecule has 0 saturated heterocycles. The van der Waals surface area contributed by atoms with Gasteiger partial charge in [0.1, 0.15) is 13.2 Å². The Balaban J connectivity index is 4.03. The quantitative estimate of drug-likeness (QED) is 0.0256. The zero-order valence-electron chi connectivity index (χ0n) is 33.6. The van der Waals surface area contributed by atoms with Crippen molar-refractivity contribution in [2.24, 2.45) is 0 Å². The first-order valence-electron chi connectivity index (χ1n) is 20.5. The number of nitrogens with zero attached hydrogens (tertiary/aromatic N) is 1.